The lowest BCUT2D eigenvalue weighted by Gasteiger charge is -2.17. The lowest BCUT2D eigenvalue weighted by atomic mass is 9.97. The van der Waals surface area contributed by atoms with Crippen LogP contribution in [0, 0.1) is 5.92 Å². The molecule has 0 saturated heterocycles. The maximum atomic E-state index is 6.17. The normalized spacial score (nSPS) is 12.6. The summed E-state index contributed by atoms with van der Waals surface area (Å²) in [7, 11) is 3.27. The second kappa shape index (κ2) is 6.26. The second-order valence-electron chi connectivity index (χ2n) is 4.48. The molecule has 17 heavy (non-hydrogen) atoms. The Kier molecular flexibility index (Phi) is 5.28. The predicted molar refractivity (Wildman–Crippen MR) is 73.6 cm³/mol. The highest BCUT2D eigenvalue weighted by Crippen LogP contribution is 2.37. The van der Waals surface area contributed by atoms with Crippen LogP contribution >= 0.6 is 15.9 Å². The van der Waals surface area contributed by atoms with Gasteiger partial charge in [0.1, 0.15) is 16.0 Å². The van der Waals surface area contributed by atoms with Crippen molar-refractivity contribution in [2.75, 3.05) is 14.2 Å². The molecule has 4 heteroatoms. The Morgan fingerprint density at radius 2 is 1.65 bits per heavy atom. The highest BCUT2D eigenvalue weighted by atomic mass is 79.9. The molecule has 0 amide bonds. The standard InChI is InChI=1S/C13H20BrNO2/c1-8(2)5-10(15)9-6-11(16-3)13(14)12(7-9)17-4/h6-8,10H,5,15H2,1-4H3/t10-/m0/s1. The smallest absolute Gasteiger partial charge is 0.137 e. The lowest BCUT2D eigenvalue weighted by molar-refractivity contribution is 0.386. The van der Waals surface area contributed by atoms with Crippen molar-refractivity contribution in [2.24, 2.45) is 11.7 Å². The van der Waals surface area contributed by atoms with Gasteiger partial charge in [-0.15, -0.1) is 0 Å². The molecule has 0 aliphatic rings. The summed E-state index contributed by atoms with van der Waals surface area (Å²) in [5.74, 6) is 2.06. The average Bonchev–Trinajstić information content (AvgIpc) is 2.28. The molecule has 3 nitrogen and oxygen atoms in total. The van der Waals surface area contributed by atoms with Crippen LogP contribution in [0.3, 0.4) is 0 Å². The van der Waals surface area contributed by atoms with Crippen LogP contribution in [-0.2, 0) is 0 Å². The monoisotopic (exact) mass is 301 g/mol. The number of halogens is 1. The van der Waals surface area contributed by atoms with Crippen LogP contribution in [0.15, 0.2) is 16.6 Å². The summed E-state index contributed by atoms with van der Waals surface area (Å²) in [4.78, 5) is 0. The molecule has 2 N–H and O–H groups in total. The Hall–Kier alpha value is -0.740. The molecule has 0 spiro atoms. The van der Waals surface area contributed by atoms with Gasteiger partial charge in [0, 0.05) is 6.04 Å². The van der Waals surface area contributed by atoms with Crippen LogP contribution in [-0.4, -0.2) is 14.2 Å². The number of nitrogens with two attached hydrogens (primary N) is 1. The highest BCUT2D eigenvalue weighted by Gasteiger charge is 2.15. The Morgan fingerprint density at radius 3 is 2.00 bits per heavy atom. The second-order valence-corrected chi connectivity index (χ2v) is 5.27. The van der Waals surface area contributed by atoms with Crippen molar-refractivity contribution in [1.29, 1.82) is 0 Å². The third-order valence-corrected chi connectivity index (χ3v) is 3.40. The van der Waals surface area contributed by atoms with E-state index >= 15 is 0 Å². The number of methoxy groups -OCH3 is 2. The fourth-order valence-electron chi connectivity index (χ4n) is 1.75. The molecule has 1 atom stereocenters. The van der Waals surface area contributed by atoms with Crippen molar-refractivity contribution in [3.8, 4) is 11.5 Å². The topological polar surface area (TPSA) is 44.5 Å². The third kappa shape index (κ3) is 3.61. The zero-order chi connectivity index (χ0) is 13.0. The first-order chi connectivity index (χ1) is 7.99. The van der Waals surface area contributed by atoms with Crippen LogP contribution in [0.4, 0.5) is 0 Å². The summed E-state index contributed by atoms with van der Waals surface area (Å²) in [5, 5.41) is 0. The van der Waals surface area contributed by atoms with E-state index < -0.39 is 0 Å². The van der Waals surface area contributed by atoms with E-state index in [0.717, 1.165) is 28.0 Å². The Bertz CT molecular complexity index is 355. The van der Waals surface area contributed by atoms with Crippen molar-refractivity contribution < 1.29 is 9.47 Å². The van der Waals surface area contributed by atoms with E-state index in [-0.39, 0.29) is 6.04 Å². The van der Waals surface area contributed by atoms with Gasteiger partial charge in [0.25, 0.3) is 0 Å². The first-order valence-corrected chi connectivity index (χ1v) is 6.45. The molecule has 0 heterocycles. The minimum Gasteiger partial charge on any atom is -0.495 e. The van der Waals surface area contributed by atoms with E-state index in [2.05, 4.69) is 29.8 Å². The van der Waals surface area contributed by atoms with Gasteiger partial charge < -0.3 is 15.2 Å². The third-order valence-electron chi connectivity index (χ3n) is 2.62. The lowest BCUT2D eigenvalue weighted by Crippen LogP contribution is -2.13. The van der Waals surface area contributed by atoms with Gasteiger partial charge in [-0.3, -0.25) is 0 Å². The van der Waals surface area contributed by atoms with Crippen molar-refractivity contribution in [2.45, 2.75) is 26.3 Å². The maximum Gasteiger partial charge on any atom is 0.137 e. The zero-order valence-electron chi connectivity index (χ0n) is 10.8. The summed E-state index contributed by atoms with van der Waals surface area (Å²) in [6.45, 7) is 4.32. The summed E-state index contributed by atoms with van der Waals surface area (Å²) in [6.07, 6.45) is 0.938. The van der Waals surface area contributed by atoms with Gasteiger partial charge in [-0.05, 0) is 46.0 Å². The number of ether oxygens (including phenoxy) is 2. The molecule has 0 fully saturated rings. The van der Waals surface area contributed by atoms with Gasteiger partial charge in [-0.25, -0.2) is 0 Å². The number of hydrogen-bond donors (Lipinski definition) is 1. The molecular formula is C13H20BrNO2. The molecule has 0 aliphatic carbocycles. The fraction of sp³-hybridized carbons (Fsp3) is 0.538. The van der Waals surface area contributed by atoms with Crippen molar-refractivity contribution in [1.82, 2.24) is 0 Å². The summed E-state index contributed by atoms with van der Waals surface area (Å²) in [6, 6.07) is 3.92. The van der Waals surface area contributed by atoms with Crippen LogP contribution in [0.5, 0.6) is 11.5 Å². The number of hydrogen-bond acceptors (Lipinski definition) is 3. The van der Waals surface area contributed by atoms with Gasteiger partial charge in [0.05, 0.1) is 14.2 Å². The molecule has 0 radical (unpaired) electrons. The first kappa shape index (κ1) is 14.3. The van der Waals surface area contributed by atoms with Gasteiger partial charge in [0.15, 0.2) is 0 Å². The van der Waals surface area contributed by atoms with Crippen molar-refractivity contribution in [3.63, 3.8) is 0 Å². The maximum absolute atomic E-state index is 6.17. The molecule has 96 valence electrons. The van der Waals surface area contributed by atoms with Crippen LogP contribution in [0.2, 0.25) is 0 Å². The Labute approximate surface area is 111 Å². The van der Waals surface area contributed by atoms with Crippen LogP contribution in [0.25, 0.3) is 0 Å². The molecule has 0 unspecified atom stereocenters. The zero-order valence-corrected chi connectivity index (χ0v) is 12.4. The molecule has 0 saturated carbocycles. The van der Waals surface area contributed by atoms with E-state index in [1.165, 1.54) is 0 Å². The minimum absolute atomic E-state index is 0.00546. The quantitative estimate of drug-likeness (QED) is 0.905. The van der Waals surface area contributed by atoms with E-state index in [1.807, 2.05) is 12.1 Å². The summed E-state index contributed by atoms with van der Waals surface area (Å²) < 4.78 is 11.4. The number of benzene rings is 1. The minimum atomic E-state index is 0.00546. The van der Waals surface area contributed by atoms with Crippen molar-refractivity contribution in [3.05, 3.63) is 22.2 Å². The Balaban J connectivity index is 3.08. The van der Waals surface area contributed by atoms with Gasteiger partial charge in [0.2, 0.25) is 0 Å². The van der Waals surface area contributed by atoms with Gasteiger partial charge in [-0.2, -0.15) is 0 Å². The molecule has 1 aromatic rings. The molecule has 0 aromatic heterocycles. The van der Waals surface area contributed by atoms with Gasteiger partial charge in [-0.1, -0.05) is 13.8 Å². The van der Waals surface area contributed by atoms with E-state index in [1.54, 1.807) is 14.2 Å². The van der Waals surface area contributed by atoms with E-state index in [4.69, 9.17) is 15.2 Å². The SMILES string of the molecule is COc1cc([C@@H](N)CC(C)C)cc(OC)c1Br. The first-order valence-electron chi connectivity index (χ1n) is 5.66. The van der Waals surface area contributed by atoms with Crippen LogP contribution < -0.4 is 15.2 Å². The largest absolute Gasteiger partial charge is 0.495 e. The molecular weight excluding hydrogens is 282 g/mol. The van der Waals surface area contributed by atoms with Gasteiger partial charge >= 0.3 is 0 Å². The van der Waals surface area contributed by atoms with E-state index in [0.29, 0.717) is 5.92 Å². The summed E-state index contributed by atoms with van der Waals surface area (Å²) >= 11 is 3.44. The molecule has 0 aliphatic heterocycles. The molecule has 1 rings (SSSR count). The summed E-state index contributed by atoms with van der Waals surface area (Å²) in [5.41, 5.74) is 7.20. The average molecular weight is 302 g/mol. The molecule has 1 aromatic carbocycles. The Morgan fingerprint density at radius 1 is 1.18 bits per heavy atom. The molecule has 0 bridgehead atoms. The predicted octanol–water partition coefficient (Wildman–Crippen LogP) is 3.51. The van der Waals surface area contributed by atoms with Crippen LogP contribution in [0.1, 0.15) is 31.9 Å². The van der Waals surface area contributed by atoms with E-state index in [9.17, 15) is 0 Å². The highest BCUT2D eigenvalue weighted by molar-refractivity contribution is 9.10. The van der Waals surface area contributed by atoms with Crippen molar-refractivity contribution >= 4 is 15.9 Å². The fourth-order valence-corrected chi connectivity index (χ4v) is 2.30. The number of rotatable bonds is 5.